The van der Waals surface area contributed by atoms with Gasteiger partial charge in [0.05, 0.1) is 17.3 Å². The molecule has 0 saturated carbocycles. The Morgan fingerprint density at radius 1 is 1.44 bits per heavy atom. The molecule has 6 heteroatoms. The summed E-state index contributed by atoms with van der Waals surface area (Å²) in [4.78, 5) is 22.8. The monoisotopic (exact) mass is 252 g/mol. The number of hydrogen-bond donors (Lipinski definition) is 3. The number of anilines is 1. The molecule has 1 heterocycles. The van der Waals surface area contributed by atoms with E-state index in [0.29, 0.717) is 6.42 Å². The lowest BCUT2D eigenvalue weighted by Gasteiger charge is -2.12. The fraction of sp³-hybridized carbons (Fsp3) is 0.333. The molecule has 1 saturated heterocycles. The van der Waals surface area contributed by atoms with Crippen molar-refractivity contribution in [2.45, 2.75) is 18.9 Å². The van der Waals surface area contributed by atoms with E-state index in [-0.39, 0.29) is 23.2 Å². The molecule has 1 aromatic carbocycles. The fourth-order valence-electron chi connectivity index (χ4n) is 1.93. The second-order valence-electron chi connectivity index (χ2n) is 4.13. The number of carbonyl (C=O) groups excluding carboxylic acids is 1. The lowest BCUT2D eigenvalue weighted by atomic mass is 10.1. The molecule has 1 amide bonds. The molecule has 5 nitrogen and oxygen atoms in total. The van der Waals surface area contributed by atoms with E-state index < -0.39 is 11.8 Å². The zero-order valence-electron chi connectivity index (χ0n) is 9.57. The van der Waals surface area contributed by atoms with Gasteiger partial charge in [0.25, 0.3) is 0 Å². The first-order chi connectivity index (χ1) is 8.58. The van der Waals surface area contributed by atoms with Crippen molar-refractivity contribution in [3.8, 4) is 0 Å². The molecule has 96 valence electrons. The topological polar surface area (TPSA) is 78.4 Å². The molecular weight excluding hydrogens is 239 g/mol. The van der Waals surface area contributed by atoms with Gasteiger partial charge in [-0.3, -0.25) is 4.79 Å². The fourth-order valence-corrected chi connectivity index (χ4v) is 1.93. The highest BCUT2D eigenvalue weighted by Crippen LogP contribution is 2.18. The number of hydrogen-bond acceptors (Lipinski definition) is 3. The Morgan fingerprint density at radius 2 is 2.22 bits per heavy atom. The molecule has 0 unspecified atom stereocenters. The number of aromatic carboxylic acids is 1. The van der Waals surface area contributed by atoms with E-state index in [1.807, 2.05) is 0 Å². The Bertz CT molecular complexity index is 484. The van der Waals surface area contributed by atoms with E-state index in [0.717, 1.165) is 31.2 Å². The zero-order chi connectivity index (χ0) is 13.1. The summed E-state index contributed by atoms with van der Waals surface area (Å²) < 4.78 is 13.1. The van der Waals surface area contributed by atoms with Crippen LogP contribution in [0, 0.1) is 5.82 Å². The standard InChI is InChI=1S/C12H13FN2O3/c13-7-3-4-8(12(17)18)10(6-7)15-11(16)9-2-1-5-14-9/h3-4,6,9,14H,1-2,5H2,(H,15,16)(H,17,18)/t9-/m1/s1. The lowest BCUT2D eigenvalue weighted by molar-refractivity contribution is -0.117. The van der Waals surface area contributed by atoms with Crippen LogP contribution in [0.25, 0.3) is 0 Å². The molecule has 0 aliphatic carbocycles. The zero-order valence-corrected chi connectivity index (χ0v) is 9.57. The lowest BCUT2D eigenvalue weighted by Crippen LogP contribution is -2.35. The van der Waals surface area contributed by atoms with Crippen molar-refractivity contribution in [3.63, 3.8) is 0 Å². The Morgan fingerprint density at radius 3 is 2.83 bits per heavy atom. The molecule has 1 aliphatic heterocycles. The third-order valence-corrected chi connectivity index (χ3v) is 2.85. The maximum Gasteiger partial charge on any atom is 0.337 e. The molecule has 0 spiro atoms. The summed E-state index contributed by atoms with van der Waals surface area (Å²) in [7, 11) is 0. The molecular formula is C12H13FN2O3. The number of halogens is 1. The smallest absolute Gasteiger partial charge is 0.337 e. The average Bonchev–Trinajstić information content (AvgIpc) is 2.81. The maximum atomic E-state index is 13.1. The summed E-state index contributed by atoms with van der Waals surface area (Å²) in [6, 6.07) is 2.86. The third-order valence-electron chi connectivity index (χ3n) is 2.85. The molecule has 0 aromatic heterocycles. The van der Waals surface area contributed by atoms with Crippen LogP contribution < -0.4 is 10.6 Å². The van der Waals surface area contributed by atoms with Crippen molar-refractivity contribution < 1.29 is 19.1 Å². The van der Waals surface area contributed by atoms with E-state index in [2.05, 4.69) is 10.6 Å². The Hall–Kier alpha value is -1.95. The Kier molecular flexibility index (Phi) is 3.57. The van der Waals surface area contributed by atoms with Gasteiger partial charge in [-0.15, -0.1) is 0 Å². The molecule has 1 fully saturated rings. The highest BCUT2D eigenvalue weighted by Gasteiger charge is 2.23. The number of carboxylic acids is 1. The van der Waals surface area contributed by atoms with E-state index in [1.165, 1.54) is 0 Å². The van der Waals surface area contributed by atoms with Gasteiger partial charge in [-0.25, -0.2) is 9.18 Å². The first kappa shape index (κ1) is 12.5. The summed E-state index contributed by atoms with van der Waals surface area (Å²) in [5.74, 6) is -2.13. The molecule has 1 atom stereocenters. The molecule has 3 N–H and O–H groups in total. The predicted molar refractivity (Wildman–Crippen MR) is 63.0 cm³/mol. The van der Waals surface area contributed by atoms with Gasteiger partial charge in [0, 0.05) is 0 Å². The number of nitrogens with one attached hydrogen (secondary N) is 2. The third kappa shape index (κ3) is 2.65. The number of benzene rings is 1. The number of carboxylic acid groups (broad SMARTS) is 1. The van der Waals surface area contributed by atoms with Crippen molar-refractivity contribution in [2.24, 2.45) is 0 Å². The molecule has 1 aliphatic rings. The average molecular weight is 252 g/mol. The minimum Gasteiger partial charge on any atom is -0.478 e. The Balaban J connectivity index is 2.19. The second kappa shape index (κ2) is 5.14. The van der Waals surface area contributed by atoms with Gasteiger partial charge in [-0.1, -0.05) is 0 Å². The minimum atomic E-state index is -1.20. The minimum absolute atomic E-state index is 0.0128. The van der Waals surface area contributed by atoms with Crippen LogP contribution in [0.5, 0.6) is 0 Å². The molecule has 0 radical (unpaired) electrons. The first-order valence-electron chi connectivity index (χ1n) is 5.65. The van der Waals surface area contributed by atoms with Gasteiger partial charge in [0.15, 0.2) is 0 Å². The molecule has 18 heavy (non-hydrogen) atoms. The van der Waals surface area contributed by atoms with Crippen LogP contribution in [0.15, 0.2) is 18.2 Å². The maximum absolute atomic E-state index is 13.1. The van der Waals surface area contributed by atoms with Crippen molar-refractivity contribution in [3.05, 3.63) is 29.6 Å². The van der Waals surface area contributed by atoms with Crippen LogP contribution in [0.3, 0.4) is 0 Å². The normalized spacial score (nSPS) is 18.6. The quantitative estimate of drug-likeness (QED) is 0.755. The molecule has 2 rings (SSSR count). The summed E-state index contributed by atoms with van der Waals surface area (Å²) in [5.41, 5.74) is -0.135. The first-order valence-corrected chi connectivity index (χ1v) is 5.65. The second-order valence-corrected chi connectivity index (χ2v) is 4.13. The number of amides is 1. The van der Waals surface area contributed by atoms with Crippen LogP contribution in [0.1, 0.15) is 23.2 Å². The summed E-state index contributed by atoms with van der Waals surface area (Å²) in [5, 5.41) is 14.4. The largest absolute Gasteiger partial charge is 0.478 e. The number of carbonyl (C=O) groups is 2. The van der Waals surface area contributed by atoms with Crippen molar-refractivity contribution in [1.29, 1.82) is 0 Å². The predicted octanol–water partition coefficient (Wildman–Crippen LogP) is 1.21. The molecule has 0 bridgehead atoms. The van der Waals surface area contributed by atoms with Crippen molar-refractivity contribution >= 4 is 17.6 Å². The van der Waals surface area contributed by atoms with Gasteiger partial charge in [0.1, 0.15) is 5.82 Å². The van der Waals surface area contributed by atoms with Crippen LogP contribution in [0.4, 0.5) is 10.1 Å². The summed E-state index contributed by atoms with van der Waals surface area (Å²) >= 11 is 0. The van der Waals surface area contributed by atoms with Gasteiger partial charge >= 0.3 is 5.97 Å². The highest BCUT2D eigenvalue weighted by atomic mass is 19.1. The van der Waals surface area contributed by atoms with Gasteiger partial charge in [-0.2, -0.15) is 0 Å². The SMILES string of the molecule is O=C(O)c1ccc(F)cc1NC(=O)[C@H]1CCCN1. The van der Waals surface area contributed by atoms with E-state index >= 15 is 0 Å². The van der Waals surface area contributed by atoms with Crippen molar-refractivity contribution in [2.75, 3.05) is 11.9 Å². The van der Waals surface area contributed by atoms with Crippen LogP contribution in [-0.4, -0.2) is 29.6 Å². The van der Waals surface area contributed by atoms with Crippen molar-refractivity contribution in [1.82, 2.24) is 5.32 Å². The molecule has 1 aromatic rings. The van der Waals surface area contributed by atoms with E-state index in [9.17, 15) is 14.0 Å². The highest BCUT2D eigenvalue weighted by molar-refractivity contribution is 6.02. The Labute approximate surface area is 103 Å². The van der Waals surface area contributed by atoms with E-state index in [1.54, 1.807) is 0 Å². The van der Waals surface area contributed by atoms with Gasteiger partial charge in [0.2, 0.25) is 5.91 Å². The van der Waals surface area contributed by atoms with E-state index in [4.69, 9.17) is 5.11 Å². The summed E-state index contributed by atoms with van der Waals surface area (Å²) in [6.07, 6.45) is 1.59. The van der Waals surface area contributed by atoms with Crippen LogP contribution >= 0.6 is 0 Å². The van der Waals surface area contributed by atoms with Gasteiger partial charge < -0.3 is 15.7 Å². The summed E-state index contributed by atoms with van der Waals surface area (Å²) in [6.45, 7) is 0.757. The van der Waals surface area contributed by atoms with Crippen LogP contribution in [-0.2, 0) is 4.79 Å². The van der Waals surface area contributed by atoms with Gasteiger partial charge in [-0.05, 0) is 37.6 Å². The van der Waals surface area contributed by atoms with Crippen LogP contribution in [0.2, 0.25) is 0 Å². The number of rotatable bonds is 3.